The van der Waals surface area contributed by atoms with E-state index in [-0.39, 0.29) is 16.7 Å². The first kappa shape index (κ1) is 11.7. The standard InChI is InChI=1S/C11H16N2O2/c1-8(12)6-7-10-4-3-5-11(9(10)2)13(14)15/h3-5,8H,6-7,12H2,1-2H3. The summed E-state index contributed by atoms with van der Waals surface area (Å²) in [6, 6.07) is 5.31. The van der Waals surface area contributed by atoms with Gasteiger partial charge in [0.1, 0.15) is 0 Å². The largest absolute Gasteiger partial charge is 0.328 e. The Hall–Kier alpha value is -1.42. The van der Waals surface area contributed by atoms with Crippen molar-refractivity contribution in [3.8, 4) is 0 Å². The number of benzene rings is 1. The Morgan fingerprint density at radius 1 is 1.53 bits per heavy atom. The highest BCUT2D eigenvalue weighted by Crippen LogP contribution is 2.22. The fourth-order valence-electron chi connectivity index (χ4n) is 1.52. The molecule has 0 aliphatic rings. The Bertz CT molecular complexity index is 362. The minimum absolute atomic E-state index is 0.128. The third-order valence-corrected chi connectivity index (χ3v) is 2.48. The fraction of sp³-hybridized carbons (Fsp3) is 0.455. The van der Waals surface area contributed by atoms with Gasteiger partial charge in [-0.3, -0.25) is 10.1 Å². The van der Waals surface area contributed by atoms with Gasteiger partial charge in [0, 0.05) is 17.7 Å². The van der Waals surface area contributed by atoms with Crippen LogP contribution in [0.25, 0.3) is 0 Å². The maximum atomic E-state index is 10.7. The van der Waals surface area contributed by atoms with Gasteiger partial charge in [-0.2, -0.15) is 0 Å². The van der Waals surface area contributed by atoms with Crippen LogP contribution >= 0.6 is 0 Å². The summed E-state index contributed by atoms with van der Waals surface area (Å²) in [7, 11) is 0. The highest BCUT2D eigenvalue weighted by molar-refractivity contribution is 5.44. The number of hydrogen-bond donors (Lipinski definition) is 1. The predicted molar refractivity (Wildman–Crippen MR) is 59.8 cm³/mol. The molecule has 0 spiro atoms. The second-order valence-electron chi connectivity index (χ2n) is 3.83. The Kier molecular flexibility index (Phi) is 3.80. The van der Waals surface area contributed by atoms with E-state index in [1.807, 2.05) is 13.0 Å². The fourth-order valence-corrected chi connectivity index (χ4v) is 1.52. The topological polar surface area (TPSA) is 69.2 Å². The zero-order valence-corrected chi connectivity index (χ0v) is 9.06. The van der Waals surface area contributed by atoms with E-state index < -0.39 is 0 Å². The molecular formula is C11H16N2O2. The van der Waals surface area contributed by atoms with Crippen LogP contribution in [-0.4, -0.2) is 11.0 Å². The van der Waals surface area contributed by atoms with E-state index in [0.717, 1.165) is 24.0 Å². The van der Waals surface area contributed by atoms with Crippen LogP contribution < -0.4 is 5.73 Å². The van der Waals surface area contributed by atoms with Crippen LogP contribution in [0.5, 0.6) is 0 Å². The number of aryl methyl sites for hydroxylation is 1. The maximum absolute atomic E-state index is 10.7. The van der Waals surface area contributed by atoms with Gasteiger partial charge in [-0.25, -0.2) is 0 Å². The number of nitrogens with zero attached hydrogens (tertiary/aromatic N) is 1. The van der Waals surface area contributed by atoms with Crippen molar-refractivity contribution in [3.05, 3.63) is 39.4 Å². The van der Waals surface area contributed by atoms with E-state index >= 15 is 0 Å². The van der Waals surface area contributed by atoms with E-state index in [1.54, 1.807) is 13.0 Å². The summed E-state index contributed by atoms with van der Waals surface area (Å²) in [5.74, 6) is 0. The minimum Gasteiger partial charge on any atom is -0.328 e. The molecule has 0 saturated heterocycles. The van der Waals surface area contributed by atoms with Gasteiger partial charge in [0.05, 0.1) is 4.92 Å². The van der Waals surface area contributed by atoms with Gasteiger partial charge in [0.2, 0.25) is 0 Å². The molecule has 1 aromatic carbocycles. The van der Waals surface area contributed by atoms with Crippen LogP contribution in [-0.2, 0) is 6.42 Å². The summed E-state index contributed by atoms with van der Waals surface area (Å²) in [5.41, 5.74) is 7.61. The first-order valence-electron chi connectivity index (χ1n) is 5.01. The van der Waals surface area contributed by atoms with Crippen molar-refractivity contribution in [1.82, 2.24) is 0 Å². The summed E-state index contributed by atoms with van der Waals surface area (Å²) in [6.45, 7) is 3.72. The van der Waals surface area contributed by atoms with Crippen molar-refractivity contribution >= 4 is 5.69 Å². The second-order valence-corrected chi connectivity index (χ2v) is 3.83. The Morgan fingerprint density at radius 2 is 2.20 bits per heavy atom. The number of nitro groups is 1. The van der Waals surface area contributed by atoms with Gasteiger partial charge in [-0.05, 0) is 32.3 Å². The van der Waals surface area contributed by atoms with Crippen molar-refractivity contribution in [2.24, 2.45) is 5.73 Å². The molecule has 0 aliphatic carbocycles. The van der Waals surface area contributed by atoms with Crippen molar-refractivity contribution in [2.45, 2.75) is 32.7 Å². The van der Waals surface area contributed by atoms with Crippen molar-refractivity contribution in [2.75, 3.05) is 0 Å². The van der Waals surface area contributed by atoms with Gasteiger partial charge in [-0.1, -0.05) is 12.1 Å². The molecule has 15 heavy (non-hydrogen) atoms. The molecule has 0 amide bonds. The lowest BCUT2D eigenvalue weighted by atomic mass is 10.0. The highest BCUT2D eigenvalue weighted by atomic mass is 16.6. The Morgan fingerprint density at radius 3 is 2.73 bits per heavy atom. The highest BCUT2D eigenvalue weighted by Gasteiger charge is 2.12. The van der Waals surface area contributed by atoms with Crippen LogP contribution in [0.15, 0.2) is 18.2 Å². The first-order valence-corrected chi connectivity index (χ1v) is 5.01. The molecule has 1 rings (SSSR count). The van der Waals surface area contributed by atoms with E-state index in [2.05, 4.69) is 0 Å². The van der Waals surface area contributed by atoms with Gasteiger partial charge >= 0.3 is 0 Å². The zero-order chi connectivity index (χ0) is 11.4. The van der Waals surface area contributed by atoms with Crippen LogP contribution in [0.1, 0.15) is 24.5 Å². The Balaban J connectivity index is 2.89. The van der Waals surface area contributed by atoms with Crippen LogP contribution in [0, 0.1) is 17.0 Å². The molecule has 0 bridgehead atoms. The van der Waals surface area contributed by atoms with Gasteiger partial charge in [-0.15, -0.1) is 0 Å². The molecule has 1 unspecified atom stereocenters. The third-order valence-electron chi connectivity index (χ3n) is 2.48. The number of hydrogen-bond acceptors (Lipinski definition) is 3. The van der Waals surface area contributed by atoms with Crippen molar-refractivity contribution in [1.29, 1.82) is 0 Å². The van der Waals surface area contributed by atoms with Crippen LogP contribution in [0.2, 0.25) is 0 Å². The molecule has 1 aromatic rings. The van der Waals surface area contributed by atoms with E-state index in [4.69, 9.17) is 5.73 Å². The second kappa shape index (κ2) is 4.89. The van der Waals surface area contributed by atoms with E-state index in [9.17, 15) is 10.1 Å². The van der Waals surface area contributed by atoms with E-state index in [0.29, 0.717) is 0 Å². The number of nitro benzene ring substituents is 1. The lowest BCUT2D eigenvalue weighted by Gasteiger charge is -2.07. The summed E-state index contributed by atoms with van der Waals surface area (Å²) < 4.78 is 0. The normalized spacial score (nSPS) is 12.5. The van der Waals surface area contributed by atoms with Crippen LogP contribution in [0.3, 0.4) is 0 Å². The average Bonchev–Trinajstić information content (AvgIpc) is 2.15. The molecular weight excluding hydrogens is 192 g/mol. The summed E-state index contributed by atoms with van der Waals surface area (Å²) in [5, 5.41) is 10.7. The zero-order valence-electron chi connectivity index (χ0n) is 9.06. The summed E-state index contributed by atoms with van der Waals surface area (Å²) in [4.78, 5) is 10.4. The first-order chi connectivity index (χ1) is 7.02. The third kappa shape index (κ3) is 3.02. The summed E-state index contributed by atoms with van der Waals surface area (Å²) >= 11 is 0. The molecule has 4 nitrogen and oxygen atoms in total. The molecule has 0 aliphatic heterocycles. The molecule has 0 saturated carbocycles. The monoisotopic (exact) mass is 208 g/mol. The SMILES string of the molecule is Cc1c(CCC(C)N)cccc1[N+](=O)[O-]. The predicted octanol–water partition coefficient (Wildman–Crippen LogP) is 2.18. The lowest BCUT2D eigenvalue weighted by molar-refractivity contribution is -0.385. The lowest BCUT2D eigenvalue weighted by Crippen LogP contribution is -2.15. The van der Waals surface area contributed by atoms with E-state index in [1.165, 1.54) is 6.07 Å². The molecule has 0 heterocycles. The molecule has 0 fully saturated rings. The number of nitrogens with two attached hydrogens (primary N) is 1. The number of rotatable bonds is 4. The molecule has 0 aromatic heterocycles. The molecule has 1 atom stereocenters. The minimum atomic E-state index is -0.343. The maximum Gasteiger partial charge on any atom is 0.272 e. The van der Waals surface area contributed by atoms with Gasteiger partial charge in [0.15, 0.2) is 0 Å². The molecule has 0 radical (unpaired) electrons. The summed E-state index contributed by atoms with van der Waals surface area (Å²) in [6.07, 6.45) is 1.65. The van der Waals surface area contributed by atoms with Crippen molar-refractivity contribution < 1.29 is 4.92 Å². The van der Waals surface area contributed by atoms with Crippen LogP contribution in [0.4, 0.5) is 5.69 Å². The Labute approximate surface area is 89.2 Å². The van der Waals surface area contributed by atoms with Crippen molar-refractivity contribution in [3.63, 3.8) is 0 Å². The average molecular weight is 208 g/mol. The quantitative estimate of drug-likeness (QED) is 0.609. The van der Waals surface area contributed by atoms with Gasteiger partial charge in [0.25, 0.3) is 5.69 Å². The molecule has 2 N–H and O–H groups in total. The smallest absolute Gasteiger partial charge is 0.272 e. The van der Waals surface area contributed by atoms with Gasteiger partial charge < -0.3 is 5.73 Å². The molecule has 82 valence electrons. The molecule has 4 heteroatoms.